The Labute approximate surface area is 117 Å². The summed E-state index contributed by atoms with van der Waals surface area (Å²) >= 11 is 11.9. The largest absolute Gasteiger partial charge is 0.351 e. The predicted octanol–water partition coefficient (Wildman–Crippen LogP) is 3.34. The van der Waals surface area contributed by atoms with E-state index in [9.17, 15) is 0 Å². The number of hydrogen-bond donors (Lipinski definition) is 0. The van der Waals surface area contributed by atoms with E-state index in [-0.39, 0.29) is 5.28 Å². The minimum Gasteiger partial charge on any atom is -0.351 e. The van der Waals surface area contributed by atoms with E-state index in [1.165, 1.54) is 38.5 Å². The van der Waals surface area contributed by atoms with Crippen LogP contribution in [-0.2, 0) is 0 Å². The van der Waals surface area contributed by atoms with Gasteiger partial charge in [-0.15, -0.1) is 10.2 Å². The molecule has 1 saturated carbocycles. The Morgan fingerprint density at radius 3 is 2.56 bits per heavy atom. The highest BCUT2D eigenvalue weighted by molar-refractivity contribution is 6.32. The maximum atomic E-state index is 6.11. The molecule has 6 heteroatoms. The van der Waals surface area contributed by atoms with Crippen molar-refractivity contribution >= 4 is 29.0 Å². The lowest BCUT2D eigenvalue weighted by Crippen LogP contribution is -2.35. The zero-order valence-corrected chi connectivity index (χ0v) is 11.7. The Hall–Kier alpha value is -0.610. The fraction of sp³-hybridized carbons (Fsp3) is 0.750. The molecule has 2 heterocycles. The molecule has 98 valence electrons. The van der Waals surface area contributed by atoms with Crippen LogP contribution in [0.25, 0.3) is 0 Å². The summed E-state index contributed by atoms with van der Waals surface area (Å²) in [7, 11) is 0. The first-order chi connectivity index (χ1) is 8.75. The third-order valence-corrected chi connectivity index (χ3v) is 4.52. The first-order valence-electron chi connectivity index (χ1n) is 6.58. The average Bonchev–Trinajstić information content (AvgIpc) is 3.00. The molecule has 4 nitrogen and oxygen atoms in total. The molecule has 2 aliphatic rings. The van der Waals surface area contributed by atoms with Crippen molar-refractivity contribution in [3.8, 4) is 0 Å². The van der Waals surface area contributed by atoms with E-state index in [0.717, 1.165) is 12.5 Å². The highest BCUT2D eigenvalue weighted by atomic mass is 35.5. The van der Waals surface area contributed by atoms with Crippen LogP contribution in [0.4, 0.5) is 5.82 Å². The number of aromatic nitrogens is 3. The third-order valence-electron chi connectivity index (χ3n) is 4.12. The summed E-state index contributed by atoms with van der Waals surface area (Å²) in [6, 6.07) is 0.553. The molecule has 0 aromatic carbocycles. The molecule has 1 aromatic rings. The van der Waals surface area contributed by atoms with Gasteiger partial charge >= 0.3 is 0 Å². The summed E-state index contributed by atoms with van der Waals surface area (Å²) < 4.78 is 0. The second kappa shape index (κ2) is 5.17. The van der Waals surface area contributed by atoms with Crippen LogP contribution in [0.1, 0.15) is 38.5 Å². The molecule has 18 heavy (non-hydrogen) atoms. The summed E-state index contributed by atoms with van der Waals surface area (Å²) in [5.74, 6) is 1.49. The molecule has 0 radical (unpaired) electrons. The van der Waals surface area contributed by atoms with Gasteiger partial charge in [-0.3, -0.25) is 0 Å². The van der Waals surface area contributed by atoms with Gasteiger partial charge in [-0.2, -0.15) is 4.98 Å². The SMILES string of the molecule is Clc1nnc(Cl)c(N2CCCC2C2CCCC2)n1. The maximum absolute atomic E-state index is 6.11. The van der Waals surface area contributed by atoms with E-state index in [4.69, 9.17) is 23.2 Å². The van der Waals surface area contributed by atoms with Crippen molar-refractivity contribution in [1.29, 1.82) is 0 Å². The van der Waals surface area contributed by atoms with Crippen molar-refractivity contribution in [2.24, 2.45) is 5.92 Å². The zero-order chi connectivity index (χ0) is 12.5. The minimum absolute atomic E-state index is 0.173. The van der Waals surface area contributed by atoms with Crippen LogP contribution in [-0.4, -0.2) is 27.8 Å². The van der Waals surface area contributed by atoms with Crippen molar-refractivity contribution in [3.63, 3.8) is 0 Å². The molecule has 1 saturated heterocycles. The summed E-state index contributed by atoms with van der Waals surface area (Å²) in [6.45, 7) is 0.996. The van der Waals surface area contributed by atoms with E-state index >= 15 is 0 Å². The molecule has 1 aliphatic heterocycles. The van der Waals surface area contributed by atoms with Crippen LogP contribution in [0.3, 0.4) is 0 Å². The van der Waals surface area contributed by atoms with E-state index < -0.39 is 0 Å². The Morgan fingerprint density at radius 1 is 1.00 bits per heavy atom. The van der Waals surface area contributed by atoms with Gasteiger partial charge in [0, 0.05) is 12.6 Å². The summed E-state index contributed by atoms with van der Waals surface area (Å²) in [5, 5.41) is 8.08. The van der Waals surface area contributed by atoms with Crippen LogP contribution in [0.2, 0.25) is 10.4 Å². The number of anilines is 1. The molecule has 0 amide bonds. The van der Waals surface area contributed by atoms with Crippen LogP contribution >= 0.6 is 23.2 Å². The molecule has 0 bridgehead atoms. The first kappa shape index (κ1) is 12.4. The number of hydrogen-bond acceptors (Lipinski definition) is 4. The van der Waals surface area contributed by atoms with Crippen molar-refractivity contribution in [3.05, 3.63) is 10.4 Å². The quantitative estimate of drug-likeness (QED) is 0.836. The third kappa shape index (κ3) is 2.28. The molecular weight excluding hydrogens is 271 g/mol. The number of nitrogens with zero attached hydrogens (tertiary/aromatic N) is 4. The Kier molecular flexibility index (Phi) is 3.57. The second-order valence-electron chi connectivity index (χ2n) is 5.14. The van der Waals surface area contributed by atoms with E-state index in [0.29, 0.717) is 17.0 Å². The van der Waals surface area contributed by atoms with Crippen LogP contribution in [0, 0.1) is 5.92 Å². The highest BCUT2D eigenvalue weighted by Crippen LogP contribution is 2.38. The van der Waals surface area contributed by atoms with Crippen LogP contribution < -0.4 is 4.90 Å². The maximum Gasteiger partial charge on any atom is 0.245 e. The lowest BCUT2D eigenvalue weighted by Gasteiger charge is -2.30. The average molecular weight is 287 g/mol. The summed E-state index contributed by atoms with van der Waals surface area (Å²) in [4.78, 5) is 6.55. The van der Waals surface area contributed by atoms with Crippen LogP contribution in [0.5, 0.6) is 0 Å². The van der Waals surface area contributed by atoms with Gasteiger partial charge < -0.3 is 4.90 Å². The monoisotopic (exact) mass is 286 g/mol. The van der Waals surface area contributed by atoms with Gasteiger partial charge in [0.1, 0.15) is 0 Å². The summed E-state index contributed by atoms with van der Waals surface area (Å²) in [6.07, 6.45) is 7.77. The van der Waals surface area contributed by atoms with Gasteiger partial charge in [-0.25, -0.2) is 0 Å². The predicted molar refractivity (Wildman–Crippen MR) is 72.2 cm³/mol. The molecule has 3 rings (SSSR count). The molecule has 2 fully saturated rings. The number of halogens is 2. The molecule has 1 unspecified atom stereocenters. The Bertz CT molecular complexity index is 434. The van der Waals surface area contributed by atoms with Gasteiger partial charge in [0.25, 0.3) is 0 Å². The molecule has 1 atom stereocenters. The van der Waals surface area contributed by atoms with E-state index in [1.54, 1.807) is 0 Å². The smallest absolute Gasteiger partial charge is 0.245 e. The normalized spacial score (nSPS) is 25.0. The topological polar surface area (TPSA) is 41.9 Å². The lowest BCUT2D eigenvalue weighted by molar-refractivity contribution is 0.429. The van der Waals surface area contributed by atoms with Gasteiger partial charge in [0.15, 0.2) is 11.0 Å². The molecule has 0 N–H and O–H groups in total. The van der Waals surface area contributed by atoms with Crippen molar-refractivity contribution < 1.29 is 0 Å². The van der Waals surface area contributed by atoms with E-state index in [1.807, 2.05) is 0 Å². The fourth-order valence-corrected chi connectivity index (χ4v) is 3.66. The zero-order valence-electron chi connectivity index (χ0n) is 10.1. The molecule has 0 spiro atoms. The van der Waals surface area contributed by atoms with Gasteiger partial charge in [0.2, 0.25) is 5.28 Å². The minimum atomic E-state index is 0.173. The standard InChI is InChI=1S/C12H16Cl2N4/c13-10-11(15-12(14)17-16-10)18-7-3-6-9(18)8-4-1-2-5-8/h8-9H,1-7H2. The van der Waals surface area contributed by atoms with Crippen molar-refractivity contribution in [1.82, 2.24) is 15.2 Å². The van der Waals surface area contributed by atoms with Crippen LogP contribution in [0.15, 0.2) is 0 Å². The highest BCUT2D eigenvalue weighted by Gasteiger charge is 2.35. The van der Waals surface area contributed by atoms with E-state index in [2.05, 4.69) is 20.1 Å². The lowest BCUT2D eigenvalue weighted by atomic mass is 9.96. The van der Waals surface area contributed by atoms with Crippen molar-refractivity contribution in [2.75, 3.05) is 11.4 Å². The fourth-order valence-electron chi connectivity index (χ4n) is 3.36. The molecule has 1 aliphatic carbocycles. The second-order valence-corrected chi connectivity index (χ2v) is 5.84. The van der Waals surface area contributed by atoms with Gasteiger partial charge in [0.05, 0.1) is 0 Å². The van der Waals surface area contributed by atoms with Crippen molar-refractivity contribution in [2.45, 2.75) is 44.6 Å². The molecule has 1 aromatic heterocycles. The first-order valence-corrected chi connectivity index (χ1v) is 7.33. The molecular formula is C12H16Cl2N4. The number of rotatable bonds is 2. The van der Waals surface area contributed by atoms with Gasteiger partial charge in [-0.05, 0) is 43.2 Å². The Morgan fingerprint density at radius 2 is 1.78 bits per heavy atom. The Balaban J connectivity index is 1.87. The van der Waals surface area contributed by atoms with Gasteiger partial charge in [-0.1, -0.05) is 24.4 Å². The summed E-state index contributed by atoms with van der Waals surface area (Å²) in [5.41, 5.74) is 0.